The normalized spacial score (nSPS) is 23.1. The van der Waals surface area contributed by atoms with Gasteiger partial charge in [0.05, 0.1) is 17.3 Å². The quantitative estimate of drug-likeness (QED) is 0.415. The van der Waals surface area contributed by atoms with E-state index >= 15 is 4.39 Å². The molecule has 0 spiro atoms. The summed E-state index contributed by atoms with van der Waals surface area (Å²) < 4.78 is 34.4. The van der Waals surface area contributed by atoms with Crippen LogP contribution in [-0.4, -0.2) is 37.4 Å². The Labute approximate surface area is 216 Å². The molecule has 0 saturated carbocycles. The van der Waals surface area contributed by atoms with Crippen molar-refractivity contribution in [3.8, 4) is 17.7 Å². The lowest BCUT2D eigenvalue weighted by Gasteiger charge is -2.45. The SMILES string of the molecule is CC#CCOc1cnc2c(Nc3cc(F)c(F)c([C@@]4(C)N=C(N)S[C@](C)(C(N)=O)[C@H]4C)c3)nccc2n1. The molecular formula is C25H25F2N7O2S. The molecule has 4 rings (SSSR count). The third-order valence-corrected chi connectivity index (χ3v) is 7.84. The number of rotatable bonds is 6. The summed E-state index contributed by atoms with van der Waals surface area (Å²) in [6, 6.07) is 4.06. The van der Waals surface area contributed by atoms with Crippen LogP contribution in [0.3, 0.4) is 0 Å². The Morgan fingerprint density at radius 1 is 1.30 bits per heavy atom. The largest absolute Gasteiger partial charge is 0.463 e. The molecule has 3 atom stereocenters. The number of anilines is 2. The van der Waals surface area contributed by atoms with Gasteiger partial charge >= 0.3 is 0 Å². The number of halogens is 2. The number of aliphatic imine (C=N–C) groups is 1. The van der Waals surface area contributed by atoms with Crippen LogP contribution in [-0.2, 0) is 10.3 Å². The first-order valence-electron chi connectivity index (χ1n) is 11.2. The van der Waals surface area contributed by atoms with E-state index < -0.39 is 33.7 Å². The molecule has 1 aliphatic rings. The second-order valence-corrected chi connectivity index (χ2v) is 10.3. The zero-order valence-corrected chi connectivity index (χ0v) is 21.4. The first-order valence-corrected chi connectivity index (χ1v) is 12.1. The summed E-state index contributed by atoms with van der Waals surface area (Å²) >= 11 is 1.01. The maximum Gasteiger partial charge on any atom is 0.234 e. The number of amides is 1. The number of carbonyl (C=O) groups is 1. The molecule has 0 bridgehead atoms. The van der Waals surface area contributed by atoms with Crippen molar-refractivity contribution in [1.82, 2.24) is 15.0 Å². The number of nitrogens with two attached hydrogens (primary N) is 2. The van der Waals surface area contributed by atoms with Gasteiger partial charge in [-0.25, -0.2) is 23.7 Å². The number of nitrogens with one attached hydrogen (secondary N) is 1. The first kappa shape index (κ1) is 26.1. The summed E-state index contributed by atoms with van der Waals surface area (Å²) in [4.78, 5) is 29.8. The number of pyridine rings is 1. The number of nitrogens with zero attached hydrogens (tertiary/aromatic N) is 4. The van der Waals surface area contributed by atoms with Crippen LogP contribution in [0, 0.1) is 29.4 Å². The van der Waals surface area contributed by atoms with Crippen molar-refractivity contribution in [2.75, 3.05) is 11.9 Å². The Morgan fingerprint density at radius 3 is 2.76 bits per heavy atom. The minimum Gasteiger partial charge on any atom is -0.463 e. The minimum absolute atomic E-state index is 0.0500. The average molecular weight is 526 g/mol. The highest BCUT2D eigenvalue weighted by Gasteiger charge is 2.53. The zero-order valence-electron chi connectivity index (χ0n) is 20.6. The second kappa shape index (κ2) is 9.82. The predicted molar refractivity (Wildman–Crippen MR) is 139 cm³/mol. The Morgan fingerprint density at radius 2 is 2.05 bits per heavy atom. The van der Waals surface area contributed by atoms with Crippen LogP contribution in [0.4, 0.5) is 20.3 Å². The maximum atomic E-state index is 15.2. The Balaban J connectivity index is 1.75. The molecule has 0 fully saturated rings. The number of aromatic nitrogens is 3. The average Bonchev–Trinajstić information content (AvgIpc) is 2.84. The number of primary amides is 1. The Hall–Kier alpha value is -3.98. The van der Waals surface area contributed by atoms with Gasteiger partial charge in [0, 0.05) is 29.4 Å². The van der Waals surface area contributed by atoms with E-state index in [0.29, 0.717) is 11.0 Å². The summed E-state index contributed by atoms with van der Waals surface area (Å²) in [5.74, 6) is 2.58. The Kier molecular flexibility index (Phi) is 6.92. The van der Waals surface area contributed by atoms with Gasteiger partial charge in [-0.2, -0.15) is 0 Å². The van der Waals surface area contributed by atoms with Crippen LogP contribution in [0.2, 0.25) is 0 Å². The molecule has 37 heavy (non-hydrogen) atoms. The number of amidine groups is 1. The topological polar surface area (TPSA) is 141 Å². The van der Waals surface area contributed by atoms with Gasteiger partial charge in [0.15, 0.2) is 29.2 Å². The van der Waals surface area contributed by atoms with Gasteiger partial charge in [0.25, 0.3) is 0 Å². The molecule has 5 N–H and O–H groups in total. The molecular weight excluding hydrogens is 500 g/mol. The number of thioether (sulfide) groups is 1. The first-order chi connectivity index (χ1) is 17.5. The predicted octanol–water partition coefficient (Wildman–Crippen LogP) is 3.61. The molecule has 2 aromatic heterocycles. The number of carbonyl (C=O) groups excluding carboxylic acids is 1. The van der Waals surface area contributed by atoms with Crippen LogP contribution in [0.5, 0.6) is 5.88 Å². The number of fused-ring (bicyclic) bond motifs is 1. The van der Waals surface area contributed by atoms with Gasteiger partial charge in [-0.3, -0.25) is 9.79 Å². The van der Waals surface area contributed by atoms with E-state index in [9.17, 15) is 9.18 Å². The second-order valence-electron chi connectivity index (χ2n) is 8.79. The summed E-state index contributed by atoms with van der Waals surface area (Å²) in [6.07, 6.45) is 2.93. The summed E-state index contributed by atoms with van der Waals surface area (Å²) in [6.45, 7) is 6.79. The highest BCUT2D eigenvalue weighted by Crippen LogP contribution is 2.50. The number of benzene rings is 1. The number of hydrogen-bond donors (Lipinski definition) is 3. The molecule has 3 aromatic rings. The van der Waals surface area contributed by atoms with Gasteiger partial charge in [-0.15, -0.1) is 5.92 Å². The molecule has 192 valence electrons. The van der Waals surface area contributed by atoms with E-state index in [0.717, 1.165) is 17.8 Å². The molecule has 0 unspecified atom stereocenters. The molecule has 1 aromatic carbocycles. The van der Waals surface area contributed by atoms with Crippen molar-refractivity contribution in [1.29, 1.82) is 0 Å². The standard InChI is InChI=1S/C25H25F2N7O2S/c1-5-6-9-36-18-12-31-20-17(33-18)7-8-30-21(20)32-14-10-15(19(27)16(26)11-14)24(3)13(2)25(4,22(28)35)37-23(29)34-24/h7-8,10-13H,9H2,1-4H3,(H2,28,35)(H2,29,34)(H,30,32)/t13-,24-,25-/m0/s1. The monoisotopic (exact) mass is 525 g/mol. The highest BCUT2D eigenvalue weighted by atomic mass is 32.2. The molecule has 12 heteroatoms. The van der Waals surface area contributed by atoms with E-state index in [-0.39, 0.29) is 34.7 Å². The summed E-state index contributed by atoms with van der Waals surface area (Å²) in [7, 11) is 0. The van der Waals surface area contributed by atoms with E-state index in [1.165, 1.54) is 18.5 Å². The fraction of sp³-hybridized carbons (Fsp3) is 0.320. The van der Waals surface area contributed by atoms with E-state index in [1.54, 1.807) is 33.8 Å². The van der Waals surface area contributed by atoms with Crippen LogP contribution in [0.25, 0.3) is 11.0 Å². The van der Waals surface area contributed by atoms with Gasteiger partial charge in [0.1, 0.15) is 10.3 Å². The third kappa shape index (κ3) is 4.74. The summed E-state index contributed by atoms with van der Waals surface area (Å²) in [5.41, 5.74) is 11.3. The molecule has 0 saturated heterocycles. The van der Waals surface area contributed by atoms with Crippen molar-refractivity contribution in [2.45, 2.75) is 38.0 Å². The van der Waals surface area contributed by atoms with Gasteiger partial charge in [-0.1, -0.05) is 24.6 Å². The molecule has 9 nitrogen and oxygen atoms in total. The van der Waals surface area contributed by atoms with E-state index in [2.05, 4.69) is 37.1 Å². The lowest BCUT2D eigenvalue weighted by atomic mass is 9.73. The third-order valence-electron chi connectivity index (χ3n) is 6.56. The maximum absolute atomic E-state index is 15.2. The van der Waals surface area contributed by atoms with Gasteiger partial charge in [-0.05, 0) is 32.9 Å². The van der Waals surface area contributed by atoms with Crippen molar-refractivity contribution >= 4 is 45.4 Å². The highest BCUT2D eigenvalue weighted by molar-refractivity contribution is 8.15. The lowest BCUT2D eigenvalue weighted by Crippen LogP contribution is -2.55. The van der Waals surface area contributed by atoms with Crippen LogP contribution in [0.15, 0.2) is 35.6 Å². The molecule has 3 heterocycles. The fourth-order valence-electron chi connectivity index (χ4n) is 4.19. The number of ether oxygens (including phenoxy) is 1. The van der Waals surface area contributed by atoms with Crippen LogP contribution >= 0.6 is 11.8 Å². The smallest absolute Gasteiger partial charge is 0.234 e. The van der Waals surface area contributed by atoms with Crippen LogP contribution < -0.4 is 21.5 Å². The van der Waals surface area contributed by atoms with Gasteiger partial charge < -0.3 is 21.5 Å². The van der Waals surface area contributed by atoms with Crippen molar-refractivity contribution in [3.63, 3.8) is 0 Å². The van der Waals surface area contributed by atoms with E-state index in [4.69, 9.17) is 16.2 Å². The zero-order chi connectivity index (χ0) is 27.0. The van der Waals surface area contributed by atoms with Crippen LogP contribution in [0.1, 0.15) is 33.3 Å². The lowest BCUT2D eigenvalue weighted by molar-refractivity contribution is -0.121. The summed E-state index contributed by atoms with van der Waals surface area (Å²) in [5, 5.41) is 3.04. The van der Waals surface area contributed by atoms with Crippen molar-refractivity contribution in [3.05, 3.63) is 47.8 Å². The van der Waals surface area contributed by atoms with Gasteiger partial charge in [0.2, 0.25) is 11.8 Å². The molecule has 0 radical (unpaired) electrons. The Bertz CT molecular complexity index is 1490. The molecule has 1 aliphatic heterocycles. The minimum atomic E-state index is -1.39. The van der Waals surface area contributed by atoms with Crippen molar-refractivity contribution < 1.29 is 18.3 Å². The fourth-order valence-corrected chi connectivity index (χ4v) is 5.36. The molecule has 0 aliphatic carbocycles. The molecule has 1 amide bonds. The van der Waals surface area contributed by atoms with E-state index in [1.807, 2.05) is 0 Å². The number of hydrogen-bond acceptors (Lipinski definition) is 9. The van der Waals surface area contributed by atoms with Crippen molar-refractivity contribution in [2.24, 2.45) is 22.4 Å².